The Bertz CT molecular complexity index is 221. The molecule has 0 spiro atoms. The van der Waals surface area contributed by atoms with Crippen LogP contribution in [0.3, 0.4) is 0 Å². The third-order valence-electron chi connectivity index (χ3n) is 3.56. The number of hydrogen-bond donors (Lipinski definition) is 0. The van der Waals surface area contributed by atoms with Gasteiger partial charge in [0.1, 0.15) is 0 Å². The van der Waals surface area contributed by atoms with E-state index in [0.29, 0.717) is 0 Å². The molecule has 0 aromatic carbocycles. The summed E-state index contributed by atoms with van der Waals surface area (Å²) >= 11 is 0. The van der Waals surface area contributed by atoms with Crippen molar-refractivity contribution in [2.75, 3.05) is 0 Å². The Kier molecular flexibility index (Phi) is 1.10. The molecule has 3 aliphatic rings. The van der Waals surface area contributed by atoms with E-state index in [4.69, 9.17) is 0 Å². The summed E-state index contributed by atoms with van der Waals surface area (Å²) in [6, 6.07) is 0. The highest BCUT2D eigenvalue weighted by Gasteiger charge is 2.37. The van der Waals surface area contributed by atoms with Crippen LogP contribution in [0, 0.1) is 11.8 Å². The predicted molar refractivity (Wildman–Crippen MR) is 46.2 cm³/mol. The van der Waals surface area contributed by atoms with E-state index in [0.717, 1.165) is 11.8 Å². The molecular weight excluding hydrogens is 132 g/mol. The van der Waals surface area contributed by atoms with Crippen LogP contribution in [0.5, 0.6) is 0 Å². The fraction of sp³-hybridized carbons (Fsp3) is 0.636. The molecule has 2 fully saturated rings. The van der Waals surface area contributed by atoms with E-state index in [-0.39, 0.29) is 0 Å². The summed E-state index contributed by atoms with van der Waals surface area (Å²) in [6.45, 7) is 0. The maximum absolute atomic E-state index is 2.46. The fourth-order valence-electron chi connectivity index (χ4n) is 3.11. The van der Waals surface area contributed by atoms with Gasteiger partial charge in [-0.25, -0.2) is 0 Å². The lowest BCUT2D eigenvalue weighted by Gasteiger charge is -2.17. The smallest absolute Gasteiger partial charge is 0.0156 e. The van der Waals surface area contributed by atoms with E-state index < -0.39 is 0 Å². The van der Waals surface area contributed by atoms with Gasteiger partial charge in [0.2, 0.25) is 0 Å². The lowest BCUT2D eigenvalue weighted by molar-refractivity contribution is 0.384. The lowest BCUT2D eigenvalue weighted by atomic mass is 9.88. The zero-order valence-corrected chi connectivity index (χ0v) is 6.84. The average molecular weight is 146 g/mol. The minimum atomic E-state index is 0.975. The minimum Gasteiger partial charge on any atom is -0.0770 e. The highest BCUT2D eigenvalue weighted by molar-refractivity contribution is 5.45. The van der Waals surface area contributed by atoms with Gasteiger partial charge >= 0.3 is 0 Å². The van der Waals surface area contributed by atoms with Crippen molar-refractivity contribution in [3.8, 4) is 0 Å². The van der Waals surface area contributed by atoms with Gasteiger partial charge in [0.25, 0.3) is 0 Å². The van der Waals surface area contributed by atoms with E-state index in [1.807, 2.05) is 0 Å². The molecule has 58 valence electrons. The Morgan fingerprint density at radius 1 is 1.00 bits per heavy atom. The van der Waals surface area contributed by atoms with E-state index >= 15 is 0 Å². The normalized spacial score (nSPS) is 40.0. The zero-order chi connectivity index (χ0) is 7.26. The van der Waals surface area contributed by atoms with Gasteiger partial charge in [-0.2, -0.15) is 0 Å². The zero-order valence-electron chi connectivity index (χ0n) is 6.84. The summed E-state index contributed by atoms with van der Waals surface area (Å²) < 4.78 is 0. The van der Waals surface area contributed by atoms with Crippen LogP contribution in [-0.2, 0) is 0 Å². The molecule has 2 saturated carbocycles. The van der Waals surface area contributed by atoms with Crippen LogP contribution < -0.4 is 0 Å². The van der Waals surface area contributed by atoms with E-state index in [1.54, 1.807) is 11.1 Å². The van der Waals surface area contributed by atoms with Crippen LogP contribution in [-0.4, -0.2) is 0 Å². The molecule has 3 rings (SSSR count). The second-order valence-electron chi connectivity index (χ2n) is 4.12. The van der Waals surface area contributed by atoms with Crippen LogP contribution in [0.15, 0.2) is 23.3 Å². The largest absolute Gasteiger partial charge is 0.0770 e. The maximum Gasteiger partial charge on any atom is -0.0156 e. The van der Waals surface area contributed by atoms with Gasteiger partial charge in [-0.15, -0.1) is 0 Å². The SMILES string of the molecule is C1=C2C(=CC1)C1CCCC2C1. The van der Waals surface area contributed by atoms with E-state index in [2.05, 4.69) is 12.2 Å². The number of fused-ring (bicyclic) bond motifs is 5. The molecule has 0 aliphatic heterocycles. The molecule has 0 aromatic heterocycles. The van der Waals surface area contributed by atoms with Gasteiger partial charge in [-0.05, 0) is 48.7 Å². The maximum atomic E-state index is 2.46. The molecule has 0 heterocycles. The number of rotatable bonds is 0. The quantitative estimate of drug-likeness (QED) is 0.492. The van der Waals surface area contributed by atoms with Crippen LogP contribution in [0.2, 0.25) is 0 Å². The highest BCUT2D eigenvalue weighted by atomic mass is 14.4. The Morgan fingerprint density at radius 3 is 2.27 bits per heavy atom. The molecule has 2 bridgehead atoms. The summed E-state index contributed by atoms with van der Waals surface area (Å²) in [5.74, 6) is 1.95. The van der Waals surface area contributed by atoms with Gasteiger partial charge in [-0.1, -0.05) is 18.6 Å². The topological polar surface area (TPSA) is 0 Å². The van der Waals surface area contributed by atoms with Gasteiger partial charge in [0.05, 0.1) is 0 Å². The first-order chi connectivity index (χ1) is 5.45. The number of hydrogen-bond acceptors (Lipinski definition) is 0. The van der Waals surface area contributed by atoms with Crippen molar-refractivity contribution in [3.05, 3.63) is 23.3 Å². The Hall–Kier alpha value is -0.520. The first kappa shape index (κ1) is 6.05. The summed E-state index contributed by atoms with van der Waals surface area (Å²) in [6.07, 6.45) is 12.1. The molecule has 0 heteroatoms. The van der Waals surface area contributed by atoms with Crippen molar-refractivity contribution in [2.24, 2.45) is 11.8 Å². The molecule has 0 aromatic rings. The average Bonchev–Trinajstić information content (AvgIpc) is 2.58. The molecule has 2 unspecified atom stereocenters. The monoisotopic (exact) mass is 146 g/mol. The van der Waals surface area contributed by atoms with E-state index in [9.17, 15) is 0 Å². The molecule has 0 radical (unpaired) electrons. The molecular formula is C11H14. The molecule has 0 N–H and O–H groups in total. The van der Waals surface area contributed by atoms with Crippen molar-refractivity contribution in [1.29, 1.82) is 0 Å². The van der Waals surface area contributed by atoms with Crippen molar-refractivity contribution >= 4 is 0 Å². The Labute approximate surface area is 68.0 Å². The van der Waals surface area contributed by atoms with Crippen molar-refractivity contribution in [1.82, 2.24) is 0 Å². The second-order valence-corrected chi connectivity index (χ2v) is 4.12. The third kappa shape index (κ3) is 0.702. The number of allylic oxidation sites excluding steroid dienone is 4. The Morgan fingerprint density at radius 2 is 1.64 bits per heavy atom. The van der Waals surface area contributed by atoms with Crippen LogP contribution >= 0.6 is 0 Å². The highest BCUT2D eigenvalue weighted by Crippen LogP contribution is 2.51. The summed E-state index contributed by atoms with van der Waals surface area (Å²) in [7, 11) is 0. The van der Waals surface area contributed by atoms with Crippen LogP contribution in [0.25, 0.3) is 0 Å². The Balaban J connectivity index is 2.07. The third-order valence-corrected chi connectivity index (χ3v) is 3.56. The first-order valence-corrected chi connectivity index (χ1v) is 4.85. The molecule has 2 atom stereocenters. The van der Waals surface area contributed by atoms with Crippen molar-refractivity contribution in [2.45, 2.75) is 32.1 Å². The van der Waals surface area contributed by atoms with Gasteiger partial charge < -0.3 is 0 Å². The molecule has 3 aliphatic carbocycles. The molecule has 0 saturated heterocycles. The van der Waals surface area contributed by atoms with Crippen molar-refractivity contribution < 1.29 is 0 Å². The predicted octanol–water partition coefficient (Wildman–Crippen LogP) is 3.06. The van der Waals surface area contributed by atoms with Crippen LogP contribution in [0.4, 0.5) is 0 Å². The molecule has 11 heavy (non-hydrogen) atoms. The lowest BCUT2D eigenvalue weighted by Crippen LogP contribution is -2.05. The standard InChI is InChI=1S/C11H14/c1-3-8-7-9(4-1)11-6-2-5-10(8)11/h5-6,8-9H,1-4,7H2. The summed E-state index contributed by atoms with van der Waals surface area (Å²) in [4.78, 5) is 0. The fourth-order valence-corrected chi connectivity index (χ4v) is 3.11. The van der Waals surface area contributed by atoms with Gasteiger partial charge in [-0.3, -0.25) is 0 Å². The van der Waals surface area contributed by atoms with Crippen molar-refractivity contribution in [3.63, 3.8) is 0 Å². The van der Waals surface area contributed by atoms with E-state index in [1.165, 1.54) is 32.1 Å². The first-order valence-electron chi connectivity index (χ1n) is 4.85. The molecule has 0 nitrogen and oxygen atoms in total. The molecule has 0 amide bonds. The second kappa shape index (κ2) is 2.00. The van der Waals surface area contributed by atoms with Gasteiger partial charge in [0.15, 0.2) is 0 Å². The van der Waals surface area contributed by atoms with Gasteiger partial charge in [0, 0.05) is 0 Å². The van der Waals surface area contributed by atoms with Crippen LogP contribution in [0.1, 0.15) is 32.1 Å². The minimum absolute atomic E-state index is 0.975. The summed E-state index contributed by atoms with van der Waals surface area (Å²) in [5, 5.41) is 0. The summed E-state index contributed by atoms with van der Waals surface area (Å²) in [5.41, 5.74) is 3.49.